The summed E-state index contributed by atoms with van der Waals surface area (Å²) < 4.78 is 1.74. The van der Waals surface area contributed by atoms with Gasteiger partial charge in [-0.2, -0.15) is 0 Å². The van der Waals surface area contributed by atoms with Crippen molar-refractivity contribution in [1.29, 1.82) is 0 Å². The van der Waals surface area contributed by atoms with Crippen molar-refractivity contribution in [2.75, 3.05) is 13.1 Å². The SMILES string of the molecule is Cc1c(CC(=O)NCCCN)nnn1-c1ccccc1. The molecule has 20 heavy (non-hydrogen) atoms. The zero-order valence-corrected chi connectivity index (χ0v) is 11.5. The van der Waals surface area contributed by atoms with Crippen LogP contribution < -0.4 is 11.1 Å². The van der Waals surface area contributed by atoms with E-state index in [0.29, 0.717) is 18.8 Å². The van der Waals surface area contributed by atoms with Crippen LogP contribution in [0.3, 0.4) is 0 Å². The molecule has 0 atom stereocenters. The van der Waals surface area contributed by atoms with Gasteiger partial charge in [0.2, 0.25) is 5.91 Å². The number of carbonyl (C=O) groups excluding carboxylic acids is 1. The highest BCUT2D eigenvalue weighted by Crippen LogP contribution is 2.11. The lowest BCUT2D eigenvalue weighted by molar-refractivity contribution is -0.120. The van der Waals surface area contributed by atoms with Gasteiger partial charge in [0, 0.05) is 6.54 Å². The van der Waals surface area contributed by atoms with Crippen molar-refractivity contribution >= 4 is 5.91 Å². The van der Waals surface area contributed by atoms with E-state index in [9.17, 15) is 4.79 Å². The van der Waals surface area contributed by atoms with Gasteiger partial charge in [0.25, 0.3) is 0 Å². The van der Waals surface area contributed by atoms with E-state index in [4.69, 9.17) is 5.73 Å². The van der Waals surface area contributed by atoms with Gasteiger partial charge >= 0.3 is 0 Å². The summed E-state index contributed by atoms with van der Waals surface area (Å²) in [6.07, 6.45) is 1.02. The molecule has 6 heteroatoms. The first-order chi connectivity index (χ1) is 9.72. The topological polar surface area (TPSA) is 85.8 Å². The number of benzene rings is 1. The minimum atomic E-state index is -0.0540. The molecule has 0 unspecified atom stereocenters. The largest absolute Gasteiger partial charge is 0.356 e. The lowest BCUT2D eigenvalue weighted by atomic mass is 10.2. The quantitative estimate of drug-likeness (QED) is 0.754. The van der Waals surface area contributed by atoms with Gasteiger partial charge in [-0.1, -0.05) is 23.4 Å². The van der Waals surface area contributed by atoms with Crippen LogP contribution in [0, 0.1) is 6.92 Å². The predicted molar refractivity (Wildman–Crippen MR) is 76.5 cm³/mol. The van der Waals surface area contributed by atoms with E-state index < -0.39 is 0 Å². The number of hydrogen-bond acceptors (Lipinski definition) is 4. The lowest BCUT2D eigenvalue weighted by Gasteiger charge is -2.04. The predicted octanol–water partition coefficient (Wildman–Crippen LogP) is 0.583. The van der Waals surface area contributed by atoms with E-state index in [-0.39, 0.29) is 12.3 Å². The molecule has 0 spiro atoms. The molecule has 1 heterocycles. The highest BCUT2D eigenvalue weighted by molar-refractivity contribution is 5.78. The van der Waals surface area contributed by atoms with Crippen LogP contribution in [0.1, 0.15) is 17.8 Å². The molecule has 6 nitrogen and oxygen atoms in total. The molecule has 1 aromatic carbocycles. The van der Waals surface area contributed by atoms with Crippen molar-refractivity contribution in [3.8, 4) is 5.69 Å². The molecule has 0 radical (unpaired) electrons. The van der Waals surface area contributed by atoms with Crippen molar-refractivity contribution in [3.05, 3.63) is 41.7 Å². The number of nitrogens with two attached hydrogens (primary N) is 1. The number of aromatic nitrogens is 3. The second-order valence-corrected chi connectivity index (χ2v) is 4.54. The molecule has 1 aromatic heterocycles. The normalized spacial score (nSPS) is 10.5. The summed E-state index contributed by atoms with van der Waals surface area (Å²) in [5.74, 6) is -0.0540. The van der Waals surface area contributed by atoms with Gasteiger partial charge in [-0.25, -0.2) is 4.68 Å². The Morgan fingerprint density at radius 3 is 2.80 bits per heavy atom. The van der Waals surface area contributed by atoms with E-state index in [0.717, 1.165) is 17.8 Å². The van der Waals surface area contributed by atoms with Crippen LogP contribution in [0.4, 0.5) is 0 Å². The van der Waals surface area contributed by atoms with Gasteiger partial charge in [-0.15, -0.1) is 5.10 Å². The van der Waals surface area contributed by atoms with Crippen LogP contribution in [0.2, 0.25) is 0 Å². The second kappa shape index (κ2) is 6.81. The Morgan fingerprint density at radius 1 is 1.35 bits per heavy atom. The molecule has 0 fully saturated rings. The highest BCUT2D eigenvalue weighted by Gasteiger charge is 2.13. The molecule has 1 amide bonds. The first kappa shape index (κ1) is 14.2. The zero-order valence-electron chi connectivity index (χ0n) is 11.5. The van der Waals surface area contributed by atoms with Crippen molar-refractivity contribution < 1.29 is 4.79 Å². The summed E-state index contributed by atoms with van der Waals surface area (Å²) in [4.78, 5) is 11.8. The monoisotopic (exact) mass is 273 g/mol. The van der Waals surface area contributed by atoms with Crippen LogP contribution in [0.5, 0.6) is 0 Å². The number of rotatable bonds is 6. The highest BCUT2D eigenvalue weighted by atomic mass is 16.1. The zero-order chi connectivity index (χ0) is 14.4. The minimum Gasteiger partial charge on any atom is -0.356 e. The molecule has 0 saturated heterocycles. The molecule has 0 aliphatic heterocycles. The molecule has 3 N–H and O–H groups in total. The molecule has 0 aliphatic carbocycles. The Morgan fingerprint density at radius 2 is 2.10 bits per heavy atom. The lowest BCUT2D eigenvalue weighted by Crippen LogP contribution is -2.27. The fourth-order valence-electron chi connectivity index (χ4n) is 1.88. The van der Waals surface area contributed by atoms with E-state index in [1.807, 2.05) is 37.3 Å². The Balaban J connectivity index is 2.04. The third-order valence-electron chi connectivity index (χ3n) is 3.02. The summed E-state index contributed by atoms with van der Waals surface area (Å²) in [6, 6.07) is 9.73. The van der Waals surface area contributed by atoms with Crippen LogP contribution in [0.25, 0.3) is 5.69 Å². The third-order valence-corrected chi connectivity index (χ3v) is 3.02. The number of amides is 1. The Kier molecular flexibility index (Phi) is 4.84. The molecule has 0 saturated carbocycles. The molecule has 0 aliphatic rings. The maximum Gasteiger partial charge on any atom is 0.226 e. The first-order valence-electron chi connectivity index (χ1n) is 6.65. The van der Waals surface area contributed by atoms with Crippen molar-refractivity contribution in [3.63, 3.8) is 0 Å². The number of nitrogens with zero attached hydrogens (tertiary/aromatic N) is 3. The van der Waals surface area contributed by atoms with Crippen LogP contribution in [-0.4, -0.2) is 34.0 Å². The number of hydrogen-bond donors (Lipinski definition) is 2. The van der Waals surface area contributed by atoms with Crippen LogP contribution in [-0.2, 0) is 11.2 Å². The van der Waals surface area contributed by atoms with Gasteiger partial charge in [0.1, 0.15) is 0 Å². The average molecular weight is 273 g/mol. The summed E-state index contributed by atoms with van der Waals surface area (Å²) >= 11 is 0. The molecular weight excluding hydrogens is 254 g/mol. The van der Waals surface area contributed by atoms with E-state index >= 15 is 0 Å². The van der Waals surface area contributed by atoms with E-state index in [1.165, 1.54) is 0 Å². The average Bonchev–Trinajstić information content (AvgIpc) is 2.81. The van der Waals surface area contributed by atoms with Gasteiger partial charge in [0.05, 0.1) is 23.5 Å². The fraction of sp³-hybridized carbons (Fsp3) is 0.357. The van der Waals surface area contributed by atoms with Gasteiger partial charge < -0.3 is 11.1 Å². The van der Waals surface area contributed by atoms with E-state index in [2.05, 4.69) is 15.6 Å². The molecule has 106 valence electrons. The van der Waals surface area contributed by atoms with Crippen molar-refractivity contribution in [2.24, 2.45) is 5.73 Å². The standard InChI is InChI=1S/C14H19N5O/c1-11-13(10-14(20)16-9-5-8-15)17-18-19(11)12-6-3-2-4-7-12/h2-4,6-7H,5,8-10,15H2,1H3,(H,16,20). The van der Waals surface area contributed by atoms with Crippen molar-refractivity contribution in [1.82, 2.24) is 20.3 Å². The number of para-hydroxylation sites is 1. The van der Waals surface area contributed by atoms with Crippen LogP contribution in [0.15, 0.2) is 30.3 Å². The van der Waals surface area contributed by atoms with Crippen molar-refractivity contribution in [2.45, 2.75) is 19.8 Å². The molecule has 0 bridgehead atoms. The molecule has 2 aromatic rings. The summed E-state index contributed by atoms with van der Waals surface area (Å²) in [6.45, 7) is 3.08. The summed E-state index contributed by atoms with van der Waals surface area (Å²) in [5.41, 5.74) is 7.89. The minimum absolute atomic E-state index is 0.0540. The maximum absolute atomic E-state index is 11.8. The number of carbonyl (C=O) groups is 1. The Hall–Kier alpha value is -2.21. The Bertz CT molecular complexity index is 564. The van der Waals surface area contributed by atoms with Gasteiger partial charge in [-0.3, -0.25) is 4.79 Å². The summed E-state index contributed by atoms with van der Waals surface area (Å²) in [7, 11) is 0. The fourth-order valence-corrected chi connectivity index (χ4v) is 1.88. The van der Waals surface area contributed by atoms with Gasteiger partial charge in [-0.05, 0) is 32.0 Å². The van der Waals surface area contributed by atoms with Crippen LogP contribution >= 0.6 is 0 Å². The van der Waals surface area contributed by atoms with E-state index in [1.54, 1.807) is 4.68 Å². The number of nitrogens with one attached hydrogen (secondary N) is 1. The maximum atomic E-state index is 11.8. The third kappa shape index (κ3) is 3.42. The second-order valence-electron chi connectivity index (χ2n) is 4.54. The smallest absolute Gasteiger partial charge is 0.226 e. The Labute approximate surface area is 118 Å². The molecule has 2 rings (SSSR count). The first-order valence-corrected chi connectivity index (χ1v) is 6.65. The van der Waals surface area contributed by atoms with Gasteiger partial charge in [0.15, 0.2) is 0 Å². The molecular formula is C14H19N5O. The summed E-state index contributed by atoms with van der Waals surface area (Å²) in [5, 5.41) is 11.0.